The molecule has 12 heavy (non-hydrogen) atoms. The highest BCUT2D eigenvalue weighted by Gasteiger charge is 1.98. The SMILES string of the molecule is COCC(C)NCCNC(C)=O. The van der Waals surface area contributed by atoms with E-state index in [2.05, 4.69) is 10.6 Å². The topological polar surface area (TPSA) is 50.4 Å². The molecule has 0 rings (SSSR count). The second kappa shape index (κ2) is 7.06. The Bertz CT molecular complexity index is 128. The van der Waals surface area contributed by atoms with Crippen LogP contribution >= 0.6 is 0 Å². The van der Waals surface area contributed by atoms with E-state index in [9.17, 15) is 4.79 Å². The molecule has 72 valence electrons. The third-order valence-corrected chi connectivity index (χ3v) is 1.41. The van der Waals surface area contributed by atoms with Crippen molar-refractivity contribution in [3.05, 3.63) is 0 Å². The quantitative estimate of drug-likeness (QED) is 0.546. The molecule has 1 amide bonds. The number of amides is 1. The normalized spacial score (nSPS) is 12.6. The smallest absolute Gasteiger partial charge is 0.216 e. The molecule has 0 saturated heterocycles. The van der Waals surface area contributed by atoms with Crippen molar-refractivity contribution in [3.8, 4) is 0 Å². The van der Waals surface area contributed by atoms with E-state index in [0.717, 1.165) is 6.54 Å². The molecule has 0 aliphatic heterocycles. The van der Waals surface area contributed by atoms with Gasteiger partial charge in [-0.15, -0.1) is 0 Å². The predicted molar refractivity (Wildman–Crippen MR) is 48.0 cm³/mol. The highest BCUT2D eigenvalue weighted by Crippen LogP contribution is 1.79. The van der Waals surface area contributed by atoms with Crippen LogP contribution in [0.1, 0.15) is 13.8 Å². The minimum atomic E-state index is 0.0104. The van der Waals surface area contributed by atoms with Gasteiger partial charge in [0, 0.05) is 33.2 Å². The van der Waals surface area contributed by atoms with Gasteiger partial charge in [0.05, 0.1) is 6.61 Å². The number of carbonyl (C=O) groups is 1. The van der Waals surface area contributed by atoms with Crippen molar-refractivity contribution < 1.29 is 9.53 Å². The average molecular weight is 174 g/mol. The summed E-state index contributed by atoms with van der Waals surface area (Å²) in [5, 5.41) is 5.90. The highest BCUT2D eigenvalue weighted by atomic mass is 16.5. The fraction of sp³-hybridized carbons (Fsp3) is 0.875. The minimum Gasteiger partial charge on any atom is -0.383 e. The lowest BCUT2D eigenvalue weighted by Gasteiger charge is -2.12. The highest BCUT2D eigenvalue weighted by molar-refractivity contribution is 5.72. The van der Waals surface area contributed by atoms with E-state index in [1.165, 1.54) is 6.92 Å². The number of rotatable bonds is 6. The maximum Gasteiger partial charge on any atom is 0.216 e. The molecule has 1 atom stereocenters. The molecule has 0 aliphatic carbocycles. The third-order valence-electron chi connectivity index (χ3n) is 1.41. The van der Waals surface area contributed by atoms with Crippen molar-refractivity contribution in [1.82, 2.24) is 10.6 Å². The van der Waals surface area contributed by atoms with Crippen molar-refractivity contribution in [1.29, 1.82) is 0 Å². The van der Waals surface area contributed by atoms with Crippen LogP contribution in [0.3, 0.4) is 0 Å². The van der Waals surface area contributed by atoms with Gasteiger partial charge >= 0.3 is 0 Å². The van der Waals surface area contributed by atoms with Crippen LogP contribution in [-0.4, -0.2) is 38.8 Å². The molecule has 0 aliphatic rings. The summed E-state index contributed by atoms with van der Waals surface area (Å²) in [7, 11) is 1.67. The van der Waals surface area contributed by atoms with Crippen molar-refractivity contribution in [2.45, 2.75) is 19.9 Å². The predicted octanol–water partition coefficient (Wildman–Crippen LogP) is -0.253. The maximum absolute atomic E-state index is 10.5. The number of nitrogens with one attached hydrogen (secondary N) is 2. The average Bonchev–Trinajstić information content (AvgIpc) is 1.98. The fourth-order valence-corrected chi connectivity index (χ4v) is 0.866. The molecule has 0 fully saturated rings. The van der Waals surface area contributed by atoms with Gasteiger partial charge in [-0.2, -0.15) is 0 Å². The minimum absolute atomic E-state index is 0.0104. The first-order valence-corrected chi connectivity index (χ1v) is 4.13. The summed E-state index contributed by atoms with van der Waals surface area (Å²) >= 11 is 0. The molecule has 0 aromatic heterocycles. The van der Waals surface area contributed by atoms with Gasteiger partial charge in [0.15, 0.2) is 0 Å². The number of hydrogen-bond acceptors (Lipinski definition) is 3. The van der Waals surface area contributed by atoms with Crippen molar-refractivity contribution in [3.63, 3.8) is 0 Å². The molecule has 0 saturated carbocycles. The van der Waals surface area contributed by atoms with Crippen molar-refractivity contribution in [2.24, 2.45) is 0 Å². The Kier molecular flexibility index (Phi) is 6.70. The van der Waals surface area contributed by atoms with Crippen LogP contribution in [0, 0.1) is 0 Å². The largest absolute Gasteiger partial charge is 0.383 e. The van der Waals surface area contributed by atoms with Crippen molar-refractivity contribution in [2.75, 3.05) is 26.8 Å². The van der Waals surface area contributed by atoms with E-state index in [-0.39, 0.29) is 5.91 Å². The van der Waals surface area contributed by atoms with E-state index in [0.29, 0.717) is 19.2 Å². The Balaban J connectivity index is 3.13. The van der Waals surface area contributed by atoms with Crippen LogP contribution in [0.25, 0.3) is 0 Å². The summed E-state index contributed by atoms with van der Waals surface area (Å²) in [5.74, 6) is 0.0104. The first-order valence-electron chi connectivity index (χ1n) is 4.13. The zero-order valence-corrected chi connectivity index (χ0v) is 8.02. The van der Waals surface area contributed by atoms with E-state index in [1.54, 1.807) is 7.11 Å². The molecule has 4 nitrogen and oxygen atoms in total. The Morgan fingerprint density at radius 1 is 1.50 bits per heavy atom. The fourth-order valence-electron chi connectivity index (χ4n) is 0.866. The molecular formula is C8H18N2O2. The van der Waals surface area contributed by atoms with Crippen LogP contribution in [0.4, 0.5) is 0 Å². The van der Waals surface area contributed by atoms with Gasteiger partial charge in [0.1, 0.15) is 0 Å². The molecule has 0 spiro atoms. The van der Waals surface area contributed by atoms with Crippen LogP contribution in [-0.2, 0) is 9.53 Å². The van der Waals surface area contributed by atoms with Gasteiger partial charge in [-0.3, -0.25) is 4.79 Å². The lowest BCUT2D eigenvalue weighted by molar-refractivity contribution is -0.118. The van der Waals surface area contributed by atoms with Crippen LogP contribution < -0.4 is 10.6 Å². The second-order valence-corrected chi connectivity index (χ2v) is 2.79. The van der Waals surface area contributed by atoms with E-state index >= 15 is 0 Å². The summed E-state index contributed by atoms with van der Waals surface area (Å²) in [6.45, 7) is 5.70. The van der Waals surface area contributed by atoms with E-state index in [4.69, 9.17) is 4.74 Å². The van der Waals surface area contributed by atoms with Gasteiger partial charge in [0.25, 0.3) is 0 Å². The van der Waals surface area contributed by atoms with Gasteiger partial charge in [-0.1, -0.05) is 0 Å². The Morgan fingerprint density at radius 3 is 2.67 bits per heavy atom. The first kappa shape index (κ1) is 11.4. The molecule has 4 heteroatoms. The maximum atomic E-state index is 10.5. The number of ether oxygens (including phenoxy) is 1. The molecule has 0 bridgehead atoms. The Labute approximate surface area is 73.7 Å². The zero-order chi connectivity index (χ0) is 9.40. The molecule has 1 unspecified atom stereocenters. The molecule has 2 N–H and O–H groups in total. The van der Waals surface area contributed by atoms with Crippen LogP contribution in [0.15, 0.2) is 0 Å². The van der Waals surface area contributed by atoms with Gasteiger partial charge in [0.2, 0.25) is 5.91 Å². The molecule has 0 heterocycles. The first-order chi connectivity index (χ1) is 5.66. The lowest BCUT2D eigenvalue weighted by Crippen LogP contribution is -2.36. The number of carbonyl (C=O) groups excluding carboxylic acids is 1. The zero-order valence-electron chi connectivity index (χ0n) is 8.02. The third kappa shape index (κ3) is 7.50. The monoisotopic (exact) mass is 174 g/mol. The van der Waals surface area contributed by atoms with Gasteiger partial charge < -0.3 is 15.4 Å². The van der Waals surface area contributed by atoms with Gasteiger partial charge in [-0.05, 0) is 6.92 Å². The molecule has 0 aromatic carbocycles. The summed E-state index contributed by atoms with van der Waals surface area (Å²) in [4.78, 5) is 10.5. The molecular weight excluding hydrogens is 156 g/mol. The van der Waals surface area contributed by atoms with Crippen LogP contribution in [0.5, 0.6) is 0 Å². The van der Waals surface area contributed by atoms with E-state index in [1.807, 2.05) is 6.92 Å². The molecule has 0 radical (unpaired) electrons. The Hall–Kier alpha value is -0.610. The standard InChI is InChI=1S/C8H18N2O2/c1-7(6-12-3)9-4-5-10-8(2)11/h7,9H,4-6H2,1-3H3,(H,10,11). The lowest BCUT2D eigenvalue weighted by atomic mass is 10.3. The summed E-state index contributed by atoms with van der Waals surface area (Å²) in [6, 6.07) is 0.337. The van der Waals surface area contributed by atoms with Crippen LogP contribution in [0.2, 0.25) is 0 Å². The summed E-state index contributed by atoms with van der Waals surface area (Å²) in [6.07, 6.45) is 0. The summed E-state index contributed by atoms with van der Waals surface area (Å²) < 4.78 is 4.93. The second-order valence-electron chi connectivity index (χ2n) is 2.79. The summed E-state index contributed by atoms with van der Waals surface area (Å²) in [5.41, 5.74) is 0. The van der Waals surface area contributed by atoms with Crippen molar-refractivity contribution >= 4 is 5.91 Å². The van der Waals surface area contributed by atoms with Gasteiger partial charge in [-0.25, -0.2) is 0 Å². The number of hydrogen-bond donors (Lipinski definition) is 2. The number of methoxy groups -OCH3 is 1. The Morgan fingerprint density at radius 2 is 2.17 bits per heavy atom. The van der Waals surface area contributed by atoms with E-state index < -0.39 is 0 Å². The molecule has 0 aromatic rings.